The normalized spacial score (nSPS) is 19.5. The zero-order valence-electron chi connectivity index (χ0n) is 11.9. The molecule has 9 heteroatoms. The van der Waals surface area contributed by atoms with Crippen molar-refractivity contribution in [1.82, 2.24) is 19.6 Å². The van der Waals surface area contributed by atoms with Crippen molar-refractivity contribution >= 4 is 15.9 Å². The summed E-state index contributed by atoms with van der Waals surface area (Å²) in [5.74, 6) is 0.359. The van der Waals surface area contributed by atoms with Gasteiger partial charge >= 0.3 is 0 Å². The molecule has 21 heavy (non-hydrogen) atoms. The SMILES string of the molecule is Cc1nccc([C@@H]2CN(C(=O)CNS(C)(=O)=O)CCO2)n1. The van der Waals surface area contributed by atoms with Crippen LogP contribution in [0.3, 0.4) is 0 Å². The molecule has 1 aliphatic heterocycles. The van der Waals surface area contributed by atoms with E-state index >= 15 is 0 Å². The molecule has 1 aliphatic rings. The summed E-state index contributed by atoms with van der Waals surface area (Å²) in [6.07, 6.45) is 2.35. The van der Waals surface area contributed by atoms with Crippen molar-refractivity contribution in [3.8, 4) is 0 Å². The van der Waals surface area contributed by atoms with Crippen molar-refractivity contribution in [2.45, 2.75) is 13.0 Å². The number of nitrogens with zero attached hydrogens (tertiary/aromatic N) is 3. The van der Waals surface area contributed by atoms with Crippen LogP contribution in [0.1, 0.15) is 17.6 Å². The molecule has 2 heterocycles. The Balaban J connectivity index is 1.99. The van der Waals surface area contributed by atoms with Crippen molar-refractivity contribution in [1.29, 1.82) is 0 Å². The Labute approximate surface area is 123 Å². The van der Waals surface area contributed by atoms with Crippen LogP contribution in [0.2, 0.25) is 0 Å². The second-order valence-electron chi connectivity index (χ2n) is 4.82. The summed E-state index contributed by atoms with van der Waals surface area (Å²) in [6, 6.07) is 1.75. The molecule has 1 saturated heterocycles. The lowest BCUT2D eigenvalue weighted by atomic mass is 10.2. The lowest BCUT2D eigenvalue weighted by molar-refractivity contribution is -0.137. The van der Waals surface area contributed by atoms with Gasteiger partial charge in [0, 0.05) is 12.7 Å². The maximum atomic E-state index is 12.0. The molecule has 1 N–H and O–H groups in total. The molecule has 116 valence electrons. The molecule has 0 bridgehead atoms. The standard InChI is InChI=1S/C12H18N4O4S/c1-9-13-4-3-10(15-9)11-8-16(5-6-20-11)12(17)7-14-21(2,18)19/h3-4,11,14H,5-8H2,1-2H3/t11-/m0/s1. The highest BCUT2D eigenvalue weighted by Crippen LogP contribution is 2.20. The molecular weight excluding hydrogens is 296 g/mol. The number of aromatic nitrogens is 2. The average molecular weight is 314 g/mol. The van der Waals surface area contributed by atoms with Crippen molar-refractivity contribution in [2.75, 3.05) is 32.5 Å². The van der Waals surface area contributed by atoms with E-state index in [9.17, 15) is 13.2 Å². The van der Waals surface area contributed by atoms with Gasteiger partial charge in [-0.1, -0.05) is 0 Å². The minimum Gasteiger partial charge on any atom is -0.368 e. The molecule has 0 saturated carbocycles. The van der Waals surface area contributed by atoms with E-state index in [2.05, 4.69) is 14.7 Å². The maximum Gasteiger partial charge on any atom is 0.237 e. The number of morpholine rings is 1. The first-order chi connectivity index (χ1) is 9.85. The number of carbonyl (C=O) groups is 1. The average Bonchev–Trinajstić information content (AvgIpc) is 2.44. The highest BCUT2D eigenvalue weighted by atomic mass is 32.2. The van der Waals surface area contributed by atoms with Gasteiger partial charge in [0.05, 0.1) is 31.6 Å². The van der Waals surface area contributed by atoms with Crippen LogP contribution in [-0.2, 0) is 19.6 Å². The smallest absolute Gasteiger partial charge is 0.237 e. The molecule has 0 aliphatic carbocycles. The van der Waals surface area contributed by atoms with Gasteiger partial charge in [-0.25, -0.2) is 23.1 Å². The Morgan fingerprint density at radius 3 is 3.00 bits per heavy atom. The van der Waals surface area contributed by atoms with Gasteiger partial charge < -0.3 is 9.64 Å². The highest BCUT2D eigenvalue weighted by molar-refractivity contribution is 7.88. The predicted molar refractivity (Wildman–Crippen MR) is 74.9 cm³/mol. The van der Waals surface area contributed by atoms with E-state index in [1.165, 1.54) is 0 Å². The van der Waals surface area contributed by atoms with Crippen LogP contribution in [0.4, 0.5) is 0 Å². The van der Waals surface area contributed by atoms with Crippen LogP contribution in [0.15, 0.2) is 12.3 Å². The van der Waals surface area contributed by atoms with E-state index in [0.717, 1.165) is 11.9 Å². The summed E-state index contributed by atoms with van der Waals surface area (Å²) in [4.78, 5) is 21.9. The Bertz CT molecular complexity index is 619. The van der Waals surface area contributed by atoms with Crippen LogP contribution in [0.5, 0.6) is 0 Å². The Kier molecular flexibility index (Phi) is 4.86. The second-order valence-corrected chi connectivity index (χ2v) is 6.65. The van der Waals surface area contributed by atoms with E-state index in [4.69, 9.17) is 4.74 Å². The Morgan fingerprint density at radius 1 is 1.57 bits per heavy atom. The monoisotopic (exact) mass is 314 g/mol. The van der Waals surface area contributed by atoms with Gasteiger partial charge in [0.2, 0.25) is 15.9 Å². The van der Waals surface area contributed by atoms with Crippen LogP contribution in [-0.4, -0.2) is 61.7 Å². The summed E-state index contributed by atoms with van der Waals surface area (Å²) < 4.78 is 29.9. The topological polar surface area (TPSA) is 101 Å². The number of amides is 1. The molecule has 0 spiro atoms. The van der Waals surface area contributed by atoms with Crippen molar-refractivity contribution in [3.63, 3.8) is 0 Å². The molecule has 1 aromatic rings. The first kappa shape index (κ1) is 15.8. The van der Waals surface area contributed by atoms with E-state index < -0.39 is 10.0 Å². The summed E-state index contributed by atoms with van der Waals surface area (Å²) in [5, 5.41) is 0. The van der Waals surface area contributed by atoms with Crippen LogP contribution >= 0.6 is 0 Å². The maximum absolute atomic E-state index is 12.0. The van der Waals surface area contributed by atoms with Crippen LogP contribution in [0.25, 0.3) is 0 Å². The third-order valence-corrected chi connectivity index (χ3v) is 3.70. The molecule has 0 unspecified atom stereocenters. The lowest BCUT2D eigenvalue weighted by Gasteiger charge is -2.32. The van der Waals surface area contributed by atoms with Crippen molar-refractivity contribution in [2.24, 2.45) is 0 Å². The molecule has 1 atom stereocenters. The largest absolute Gasteiger partial charge is 0.368 e. The van der Waals surface area contributed by atoms with E-state index in [0.29, 0.717) is 25.5 Å². The fourth-order valence-electron chi connectivity index (χ4n) is 2.01. The van der Waals surface area contributed by atoms with Crippen LogP contribution in [0, 0.1) is 6.92 Å². The number of hydrogen-bond donors (Lipinski definition) is 1. The van der Waals surface area contributed by atoms with Gasteiger partial charge in [0.15, 0.2) is 0 Å². The molecule has 1 fully saturated rings. The van der Waals surface area contributed by atoms with Gasteiger partial charge in [0.1, 0.15) is 11.9 Å². The van der Waals surface area contributed by atoms with Gasteiger partial charge in [-0.15, -0.1) is 0 Å². The third-order valence-electron chi connectivity index (χ3n) is 3.03. The molecule has 2 rings (SSSR count). The number of carbonyl (C=O) groups excluding carboxylic acids is 1. The summed E-state index contributed by atoms with van der Waals surface area (Å²) in [6.45, 7) is 2.71. The van der Waals surface area contributed by atoms with Gasteiger partial charge in [-0.3, -0.25) is 4.79 Å². The molecule has 1 amide bonds. The fraction of sp³-hybridized carbons (Fsp3) is 0.583. The number of sulfonamides is 1. The summed E-state index contributed by atoms with van der Waals surface area (Å²) >= 11 is 0. The molecule has 8 nitrogen and oxygen atoms in total. The minimum atomic E-state index is -3.38. The second kappa shape index (κ2) is 6.46. The quantitative estimate of drug-likeness (QED) is 0.783. The van der Waals surface area contributed by atoms with Crippen molar-refractivity contribution < 1.29 is 17.9 Å². The van der Waals surface area contributed by atoms with Gasteiger partial charge in [0.25, 0.3) is 0 Å². The molecular formula is C12H18N4O4S. The van der Waals surface area contributed by atoms with Gasteiger partial charge in [-0.05, 0) is 13.0 Å². The minimum absolute atomic E-state index is 0.242. The zero-order chi connectivity index (χ0) is 15.5. The lowest BCUT2D eigenvalue weighted by Crippen LogP contribution is -2.46. The fourth-order valence-corrected chi connectivity index (χ4v) is 2.40. The van der Waals surface area contributed by atoms with E-state index in [-0.39, 0.29) is 18.6 Å². The molecule has 0 aromatic carbocycles. The first-order valence-electron chi connectivity index (χ1n) is 6.49. The first-order valence-corrected chi connectivity index (χ1v) is 8.38. The van der Waals surface area contributed by atoms with Crippen LogP contribution < -0.4 is 4.72 Å². The van der Waals surface area contributed by atoms with Crippen molar-refractivity contribution in [3.05, 3.63) is 23.8 Å². The number of nitrogens with one attached hydrogen (secondary N) is 1. The summed E-state index contributed by atoms with van der Waals surface area (Å²) in [5.41, 5.74) is 0.719. The highest BCUT2D eigenvalue weighted by Gasteiger charge is 2.26. The van der Waals surface area contributed by atoms with Gasteiger partial charge in [-0.2, -0.15) is 0 Å². The number of aryl methyl sites for hydroxylation is 1. The number of ether oxygens (including phenoxy) is 1. The number of rotatable bonds is 4. The zero-order valence-corrected chi connectivity index (χ0v) is 12.8. The third kappa shape index (κ3) is 4.73. The predicted octanol–water partition coefficient (Wildman–Crippen LogP) is -0.766. The Hall–Kier alpha value is -1.58. The number of hydrogen-bond acceptors (Lipinski definition) is 6. The Morgan fingerprint density at radius 2 is 2.33 bits per heavy atom. The van der Waals surface area contributed by atoms with E-state index in [1.807, 2.05) is 0 Å². The molecule has 0 radical (unpaired) electrons. The molecule has 1 aromatic heterocycles. The van der Waals surface area contributed by atoms with E-state index in [1.54, 1.807) is 24.1 Å². The summed E-state index contributed by atoms with van der Waals surface area (Å²) in [7, 11) is -3.38.